The van der Waals surface area contributed by atoms with E-state index in [9.17, 15) is 24.9 Å². The predicted octanol–water partition coefficient (Wildman–Crippen LogP) is 2.91. The van der Waals surface area contributed by atoms with Crippen LogP contribution in [0, 0.1) is 5.92 Å². The van der Waals surface area contributed by atoms with E-state index in [-0.39, 0.29) is 40.8 Å². The lowest BCUT2D eigenvalue weighted by Gasteiger charge is -2.34. The predicted molar refractivity (Wildman–Crippen MR) is 107 cm³/mol. The Balaban J connectivity index is 2.02. The third-order valence-electron chi connectivity index (χ3n) is 5.22. The minimum atomic E-state index is -0.845. The third-order valence-corrected chi connectivity index (χ3v) is 5.22. The maximum Gasteiger partial charge on any atom is 0.320 e. The molecule has 2 rings (SSSR count). The molecule has 0 aliphatic carbocycles. The second-order valence-corrected chi connectivity index (χ2v) is 8.34. The zero-order valence-corrected chi connectivity index (χ0v) is 17.1. The molecule has 0 spiro atoms. The van der Waals surface area contributed by atoms with Gasteiger partial charge in [-0.25, -0.2) is 0 Å². The lowest BCUT2D eigenvalue weighted by atomic mass is 9.97. The van der Waals surface area contributed by atoms with E-state index in [1.54, 1.807) is 11.0 Å². The summed E-state index contributed by atoms with van der Waals surface area (Å²) in [6.07, 6.45) is 1.88. The maximum absolute atomic E-state index is 12.9. The van der Waals surface area contributed by atoms with Crippen molar-refractivity contribution in [2.24, 2.45) is 5.92 Å². The number of piperidine rings is 1. The second-order valence-electron chi connectivity index (χ2n) is 8.34. The molecular formula is C21H32N2O5. The van der Waals surface area contributed by atoms with Gasteiger partial charge in [0.2, 0.25) is 0 Å². The Morgan fingerprint density at radius 3 is 2.21 bits per heavy atom. The molecule has 156 valence electrons. The molecule has 0 radical (unpaired) electrons. The summed E-state index contributed by atoms with van der Waals surface area (Å²) < 4.78 is 0. The molecule has 1 aliphatic heterocycles. The molecule has 1 aliphatic rings. The number of nitrogens with one attached hydrogen (secondary N) is 1. The van der Waals surface area contributed by atoms with Gasteiger partial charge < -0.3 is 25.5 Å². The molecule has 0 bridgehead atoms. The number of hydrogen-bond donors (Lipinski definition) is 4. The highest BCUT2D eigenvalue weighted by Gasteiger charge is 2.29. The summed E-state index contributed by atoms with van der Waals surface area (Å²) in [7, 11) is 0. The van der Waals surface area contributed by atoms with E-state index in [2.05, 4.69) is 5.32 Å². The molecule has 0 unspecified atom stereocenters. The fraction of sp³-hybridized carbons (Fsp3) is 0.619. The van der Waals surface area contributed by atoms with Crippen molar-refractivity contribution >= 4 is 11.9 Å². The highest BCUT2D eigenvalue weighted by molar-refractivity contribution is 5.97. The van der Waals surface area contributed by atoms with Crippen molar-refractivity contribution in [2.45, 2.75) is 65.0 Å². The van der Waals surface area contributed by atoms with Crippen LogP contribution in [0.1, 0.15) is 68.8 Å². The van der Waals surface area contributed by atoms with Crippen LogP contribution in [0.15, 0.2) is 12.1 Å². The summed E-state index contributed by atoms with van der Waals surface area (Å²) in [6, 6.07) is 2.25. The molecule has 28 heavy (non-hydrogen) atoms. The number of aliphatic carboxylic acids is 1. The zero-order valence-electron chi connectivity index (χ0n) is 17.1. The minimum Gasteiger partial charge on any atom is -0.508 e. The van der Waals surface area contributed by atoms with Crippen molar-refractivity contribution in [1.82, 2.24) is 10.2 Å². The van der Waals surface area contributed by atoms with Crippen molar-refractivity contribution in [3.8, 4) is 11.5 Å². The van der Waals surface area contributed by atoms with E-state index in [1.807, 2.05) is 27.7 Å². The van der Waals surface area contributed by atoms with Crippen LogP contribution in [0.5, 0.6) is 11.5 Å². The van der Waals surface area contributed by atoms with E-state index in [4.69, 9.17) is 0 Å². The topological polar surface area (TPSA) is 110 Å². The van der Waals surface area contributed by atoms with Crippen LogP contribution in [0.3, 0.4) is 0 Å². The van der Waals surface area contributed by atoms with Crippen molar-refractivity contribution in [3.63, 3.8) is 0 Å². The molecule has 1 aromatic rings. The van der Waals surface area contributed by atoms with Crippen molar-refractivity contribution in [3.05, 3.63) is 23.3 Å². The number of nitrogens with zero attached hydrogens (tertiary/aromatic N) is 1. The fourth-order valence-electron chi connectivity index (χ4n) is 3.64. The normalized spacial score (nSPS) is 16.6. The lowest BCUT2D eigenvalue weighted by Crippen LogP contribution is -2.50. The summed E-state index contributed by atoms with van der Waals surface area (Å²) in [5.74, 6) is -1.05. The van der Waals surface area contributed by atoms with E-state index >= 15 is 0 Å². The number of phenolic OH excluding ortho intramolecular Hbond substituents is 2. The standard InChI is InChI=1S/C21H32N2O5/c1-12(2)9-17(21(27)28)22-14-5-7-23(8-6-14)20(26)16-10-15(13(3)4)18(24)11-19(16)25/h10-14,17,22,24-25H,5-9H2,1-4H3,(H,27,28)/t17-/m0/s1. The number of carboxylic acid groups (broad SMARTS) is 1. The van der Waals surface area contributed by atoms with E-state index in [0.29, 0.717) is 37.9 Å². The molecule has 1 heterocycles. The Hall–Kier alpha value is -2.28. The van der Waals surface area contributed by atoms with Crippen LogP contribution in [0.4, 0.5) is 0 Å². The molecule has 0 saturated carbocycles. The summed E-state index contributed by atoms with van der Waals surface area (Å²) in [6.45, 7) is 8.79. The van der Waals surface area contributed by atoms with Crippen molar-refractivity contribution < 1.29 is 24.9 Å². The van der Waals surface area contributed by atoms with Gasteiger partial charge in [0.15, 0.2) is 0 Å². The van der Waals surface area contributed by atoms with Gasteiger partial charge in [-0.15, -0.1) is 0 Å². The Morgan fingerprint density at radius 1 is 1.11 bits per heavy atom. The number of rotatable bonds is 7. The number of benzene rings is 1. The average molecular weight is 392 g/mol. The molecule has 0 aromatic heterocycles. The SMILES string of the molecule is CC(C)C[C@H](NC1CCN(C(=O)c2cc(C(C)C)c(O)cc2O)CC1)C(=O)O. The number of phenols is 2. The van der Waals surface area contributed by atoms with E-state index in [0.717, 1.165) is 0 Å². The van der Waals surface area contributed by atoms with Gasteiger partial charge in [0.1, 0.15) is 17.5 Å². The number of carboxylic acids is 1. The molecule has 7 heteroatoms. The Kier molecular flexibility index (Phi) is 7.29. The molecule has 7 nitrogen and oxygen atoms in total. The highest BCUT2D eigenvalue weighted by atomic mass is 16.4. The number of carbonyl (C=O) groups is 2. The molecule has 1 saturated heterocycles. The average Bonchev–Trinajstić information content (AvgIpc) is 2.60. The number of carbonyl (C=O) groups excluding carboxylic acids is 1. The lowest BCUT2D eigenvalue weighted by molar-refractivity contribution is -0.140. The van der Waals surface area contributed by atoms with Gasteiger partial charge >= 0.3 is 5.97 Å². The summed E-state index contributed by atoms with van der Waals surface area (Å²) in [4.78, 5) is 26.0. The molecule has 1 amide bonds. The number of aromatic hydroxyl groups is 2. The molecule has 1 aromatic carbocycles. The van der Waals surface area contributed by atoms with Crippen molar-refractivity contribution in [2.75, 3.05) is 13.1 Å². The molecule has 1 atom stereocenters. The molecule has 4 N–H and O–H groups in total. The van der Waals surface area contributed by atoms with Gasteiger partial charge in [-0.1, -0.05) is 27.7 Å². The van der Waals surface area contributed by atoms with Crippen LogP contribution in [-0.2, 0) is 4.79 Å². The fourth-order valence-corrected chi connectivity index (χ4v) is 3.64. The van der Waals surface area contributed by atoms with Gasteiger partial charge in [0.05, 0.1) is 5.56 Å². The molecule has 1 fully saturated rings. The first-order valence-corrected chi connectivity index (χ1v) is 9.94. The monoisotopic (exact) mass is 392 g/mol. The molecular weight excluding hydrogens is 360 g/mol. The van der Waals surface area contributed by atoms with Gasteiger partial charge in [0.25, 0.3) is 5.91 Å². The van der Waals surface area contributed by atoms with Gasteiger partial charge in [-0.3, -0.25) is 9.59 Å². The Bertz CT molecular complexity index is 709. The van der Waals surface area contributed by atoms with Crippen LogP contribution < -0.4 is 5.32 Å². The minimum absolute atomic E-state index is 0.0168. The largest absolute Gasteiger partial charge is 0.508 e. The number of amides is 1. The van der Waals surface area contributed by atoms with Crippen LogP contribution in [0.25, 0.3) is 0 Å². The number of likely N-dealkylation sites (tertiary alicyclic amines) is 1. The Morgan fingerprint density at radius 2 is 1.71 bits per heavy atom. The van der Waals surface area contributed by atoms with Gasteiger partial charge in [0, 0.05) is 25.2 Å². The summed E-state index contributed by atoms with van der Waals surface area (Å²) in [5, 5.41) is 32.7. The van der Waals surface area contributed by atoms with Gasteiger partial charge in [-0.05, 0) is 42.7 Å². The zero-order chi connectivity index (χ0) is 21.0. The van der Waals surface area contributed by atoms with E-state index < -0.39 is 12.0 Å². The first-order chi connectivity index (χ1) is 13.1. The quantitative estimate of drug-likeness (QED) is 0.568. The number of hydrogen-bond acceptors (Lipinski definition) is 5. The van der Waals surface area contributed by atoms with E-state index in [1.165, 1.54) is 6.07 Å². The smallest absolute Gasteiger partial charge is 0.320 e. The second kappa shape index (κ2) is 9.28. The van der Waals surface area contributed by atoms with Gasteiger partial charge in [-0.2, -0.15) is 0 Å². The van der Waals surface area contributed by atoms with Crippen LogP contribution in [-0.4, -0.2) is 57.3 Å². The maximum atomic E-state index is 12.9. The summed E-state index contributed by atoms with van der Waals surface area (Å²) in [5.41, 5.74) is 0.812. The van der Waals surface area contributed by atoms with Crippen LogP contribution in [0.2, 0.25) is 0 Å². The Labute approximate surface area is 166 Å². The van der Waals surface area contributed by atoms with Crippen molar-refractivity contribution in [1.29, 1.82) is 0 Å². The highest BCUT2D eigenvalue weighted by Crippen LogP contribution is 2.33. The first-order valence-electron chi connectivity index (χ1n) is 9.94. The summed E-state index contributed by atoms with van der Waals surface area (Å²) >= 11 is 0. The first kappa shape index (κ1) is 22.0. The third kappa shape index (κ3) is 5.38. The van der Waals surface area contributed by atoms with Crippen LogP contribution >= 0.6 is 0 Å².